The Morgan fingerprint density at radius 3 is 2.29 bits per heavy atom. The lowest BCUT2D eigenvalue weighted by Gasteiger charge is -2.27. The Kier molecular flexibility index (Phi) is 6.34. The summed E-state index contributed by atoms with van der Waals surface area (Å²) in [6.45, 7) is 0.810. The molecule has 1 aliphatic heterocycles. The molecule has 0 spiro atoms. The third kappa shape index (κ3) is 4.45. The largest absolute Gasteiger partial charge is 0.460 e. The van der Waals surface area contributed by atoms with Crippen LogP contribution in [-0.2, 0) is 6.42 Å². The van der Waals surface area contributed by atoms with Crippen molar-refractivity contribution in [2.45, 2.75) is 12.8 Å². The maximum absolute atomic E-state index is 6.81. The Balaban J connectivity index is 1.19. The van der Waals surface area contributed by atoms with Crippen molar-refractivity contribution < 1.29 is 8.83 Å². The molecule has 0 saturated heterocycles. The minimum Gasteiger partial charge on any atom is -0.460 e. The summed E-state index contributed by atoms with van der Waals surface area (Å²) in [5.74, 6) is 1.07. The molecule has 0 amide bonds. The number of anilines is 3. The summed E-state index contributed by atoms with van der Waals surface area (Å²) in [7, 11) is 0. The first-order chi connectivity index (χ1) is 24.3. The third-order valence-corrected chi connectivity index (χ3v) is 9.96. The lowest BCUT2D eigenvalue weighted by molar-refractivity contribution is 0.545. The molecule has 234 valence electrons. The average Bonchev–Trinajstić information content (AvgIpc) is 3.75. The Hall–Kier alpha value is -6.26. The molecule has 49 heavy (non-hydrogen) atoms. The van der Waals surface area contributed by atoms with Gasteiger partial charge in [-0.25, -0.2) is 0 Å². The predicted octanol–water partition coefficient (Wildman–Crippen LogP) is 12.0. The van der Waals surface area contributed by atoms with Gasteiger partial charge in [0.15, 0.2) is 0 Å². The number of benzene rings is 6. The lowest BCUT2D eigenvalue weighted by Crippen LogP contribution is -2.15. The zero-order chi connectivity index (χ0) is 32.3. The first-order valence-electron chi connectivity index (χ1n) is 16.9. The first-order valence-corrected chi connectivity index (χ1v) is 16.9. The van der Waals surface area contributed by atoms with Crippen LogP contribution >= 0.6 is 0 Å². The lowest BCUT2D eigenvalue weighted by atomic mass is 9.87. The molecule has 1 aliphatic carbocycles. The van der Waals surface area contributed by atoms with E-state index in [0.29, 0.717) is 0 Å². The van der Waals surface area contributed by atoms with Crippen LogP contribution in [0.4, 0.5) is 17.1 Å². The summed E-state index contributed by atoms with van der Waals surface area (Å²) >= 11 is 0. The molecule has 10 rings (SSSR count). The standard InChI is InChI=1S/C45H32N2O2/c1-2-14-31(15-3-1)47(32-16-8-12-29(26-32)34-21-9-22-38-36-18-6-7-23-40(36)49-45(34)38)39-27-42-44(37-19-5-4-17-35(37)39)43-33(20-10-24-41(43)48-42)30-13-11-25-46-28-30/h1-9,11-23,25-27,46H,10,24,28H2. The highest BCUT2D eigenvalue weighted by Gasteiger charge is 2.27. The fraction of sp³-hybridized carbons (Fsp3) is 0.0667. The number of aryl methyl sites for hydroxylation is 1. The molecule has 0 radical (unpaired) electrons. The molecule has 8 aromatic rings. The summed E-state index contributed by atoms with van der Waals surface area (Å²) in [4.78, 5) is 2.36. The fourth-order valence-electron chi connectivity index (χ4n) is 7.82. The Bertz CT molecular complexity index is 2670. The number of para-hydroxylation sites is 3. The van der Waals surface area contributed by atoms with Gasteiger partial charge in [-0.15, -0.1) is 0 Å². The van der Waals surface area contributed by atoms with Crippen LogP contribution in [0.5, 0.6) is 0 Å². The number of furan rings is 2. The van der Waals surface area contributed by atoms with Crippen molar-refractivity contribution in [3.8, 4) is 11.1 Å². The molecule has 2 aliphatic rings. The van der Waals surface area contributed by atoms with Crippen molar-refractivity contribution in [1.29, 1.82) is 0 Å². The Morgan fingerprint density at radius 1 is 0.633 bits per heavy atom. The zero-order valence-electron chi connectivity index (χ0n) is 26.8. The van der Waals surface area contributed by atoms with Crippen LogP contribution in [0.15, 0.2) is 166 Å². The van der Waals surface area contributed by atoms with Gasteiger partial charge in [-0.2, -0.15) is 0 Å². The minimum atomic E-state index is 0.810. The molecule has 0 atom stereocenters. The van der Waals surface area contributed by atoms with Crippen LogP contribution in [0.25, 0.3) is 60.4 Å². The van der Waals surface area contributed by atoms with Crippen LogP contribution in [0.1, 0.15) is 17.7 Å². The van der Waals surface area contributed by atoms with Gasteiger partial charge in [0.05, 0.1) is 5.69 Å². The molecule has 4 heteroatoms. The molecule has 3 heterocycles. The number of hydrogen-bond acceptors (Lipinski definition) is 4. The summed E-state index contributed by atoms with van der Waals surface area (Å²) in [5, 5.41) is 9.21. The molecule has 6 aromatic carbocycles. The van der Waals surface area contributed by atoms with Gasteiger partial charge in [-0.05, 0) is 71.1 Å². The summed E-state index contributed by atoms with van der Waals surface area (Å²) in [6.07, 6.45) is 10.6. The van der Waals surface area contributed by atoms with Crippen molar-refractivity contribution >= 4 is 66.3 Å². The molecule has 0 unspecified atom stereocenters. The van der Waals surface area contributed by atoms with Gasteiger partial charge < -0.3 is 19.1 Å². The molecule has 0 saturated carbocycles. The van der Waals surface area contributed by atoms with Gasteiger partial charge in [-0.1, -0.05) is 103 Å². The minimum absolute atomic E-state index is 0.810. The number of hydrogen-bond donors (Lipinski definition) is 1. The van der Waals surface area contributed by atoms with Crippen molar-refractivity contribution in [2.75, 3.05) is 11.4 Å². The smallest absolute Gasteiger partial charge is 0.143 e. The van der Waals surface area contributed by atoms with Crippen LogP contribution in [0, 0.1) is 0 Å². The van der Waals surface area contributed by atoms with Crippen molar-refractivity contribution in [2.24, 2.45) is 0 Å². The Morgan fingerprint density at radius 2 is 1.41 bits per heavy atom. The van der Waals surface area contributed by atoms with Crippen molar-refractivity contribution in [3.05, 3.63) is 169 Å². The Labute approximate surface area is 283 Å². The second-order valence-electron chi connectivity index (χ2n) is 12.8. The number of nitrogens with one attached hydrogen (secondary N) is 1. The first kappa shape index (κ1) is 27.8. The van der Waals surface area contributed by atoms with Gasteiger partial charge in [0.1, 0.15) is 22.5 Å². The highest BCUT2D eigenvalue weighted by atomic mass is 16.3. The van der Waals surface area contributed by atoms with E-state index in [1.807, 2.05) is 18.3 Å². The normalized spacial score (nSPS) is 14.2. The van der Waals surface area contributed by atoms with Crippen molar-refractivity contribution in [1.82, 2.24) is 5.32 Å². The van der Waals surface area contributed by atoms with E-state index in [1.165, 1.54) is 32.9 Å². The van der Waals surface area contributed by atoms with Crippen molar-refractivity contribution in [3.63, 3.8) is 0 Å². The van der Waals surface area contributed by atoms with E-state index >= 15 is 0 Å². The van der Waals surface area contributed by atoms with Gasteiger partial charge in [-0.3, -0.25) is 0 Å². The average molecular weight is 633 g/mol. The maximum atomic E-state index is 6.81. The number of rotatable bonds is 5. The van der Waals surface area contributed by atoms with E-state index in [0.717, 1.165) is 80.9 Å². The van der Waals surface area contributed by atoms with E-state index in [4.69, 9.17) is 8.83 Å². The molecule has 4 nitrogen and oxygen atoms in total. The van der Waals surface area contributed by atoms with E-state index in [2.05, 4.69) is 144 Å². The van der Waals surface area contributed by atoms with E-state index < -0.39 is 0 Å². The van der Waals surface area contributed by atoms with E-state index in [9.17, 15) is 0 Å². The number of fused-ring (bicyclic) bond motifs is 8. The second kappa shape index (κ2) is 11.2. The topological polar surface area (TPSA) is 41.6 Å². The van der Waals surface area contributed by atoms with Crippen LogP contribution < -0.4 is 10.2 Å². The summed E-state index contributed by atoms with van der Waals surface area (Å²) in [6, 6.07) is 45.1. The number of nitrogens with zero attached hydrogens (tertiary/aromatic N) is 1. The quantitative estimate of drug-likeness (QED) is 0.205. The highest BCUT2D eigenvalue weighted by molar-refractivity contribution is 6.18. The van der Waals surface area contributed by atoms with Gasteiger partial charge in [0, 0.05) is 63.1 Å². The summed E-state index contributed by atoms with van der Waals surface area (Å²) in [5.41, 5.74) is 11.9. The van der Waals surface area contributed by atoms with E-state index in [1.54, 1.807) is 0 Å². The fourth-order valence-corrected chi connectivity index (χ4v) is 7.82. The molecule has 2 aromatic heterocycles. The molecular weight excluding hydrogens is 601 g/mol. The van der Waals surface area contributed by atoms with Crippen LogP contribution in [-0.4, -0.2) is 6.54 Å². The summed E-state index contributed by atoms with van der Waals surface area (Å²) < 4.78 is 13.3. The number of allylic oxidation sites excluding steroid dienone is 3. The molecule has 0 bridgehead atoms. The maximum Gasteiger partial charge on any atom is 0.143 e. The van der Waals surface area contributed by atoms with Crippen LogP contribution in [0.3, 0.4) is 0 Å². The van der Waals surface area contributed by atoms with Crippen LogP contribution in [0.2, 0.25) is 0 Å². The van der Waals surface area contributed by atoms with E-state index in [-0.39, 0.29) is 0 Å². The predicted molar refractivity (Wildman–Crippen MR) is 203 cm³/mol. The molecule has 0 fully saturated rings. The highest BCUT2D eigenvalue weighted by Crippen LogP contribution is 2.48. The molecular formula is C45H32N2O2. The van der Waals surface area contributed by atoms with Gasteiger partial charge in [0.2, 0.25) is 0 Å². The monoisotopic (exact) mass is 632 g/mol. The SMILES string of the molecule is C1=CNCC(C2=CCCc3oc4cc(N(c5ccccc5)c5cccc(-c6cccc7c6oc6ccccc67)c5)c5ccccc5c4c32)=C1. The third-order valence-electron chi connectivity index (χ3n) is 9.96. The second-order valence-corrected chi connectivity index (χ2v) is 12.8. The van der Waals surface area contributed by atoms with Gasteiger partial charge in [0.25, 0.3) is 0 Å². The number of dihydropyridines is 1. The van der Waals surface area contributed by atoms with Gasteiger partial charge >= 0.3 is 0 Å². The zero-order valence-corrected chi connectivity index (χ0v) is 26.8. The molecule has 1 N–H and O–H groups in total.